The molecular weight excluding hydrogens is 260 g/mol. The van der Waals surface area contributed by atoms with Gasteiger partial charge in [0.1, 0.15) is 0 Å². The maximum Gasteiger partial charge on any atom is 0.389 e. The van der Waals surface area contributed by atoms with E-state index in [0.29, 0.717) is 5.56 Å². The molecule has 0 bridgehead atoms. The minimum atomic E-state index is -4.21. The van der Waals surface area contributed by atoms with Gasteiger partial charge in [0.05, 0.1) is 12.5 Å². The van der Waals surface area contributed by atoms with Gasteiger partial charge in [-0.25, -0.2) is 4.39 Å². The summed E-state index contributed by atoms with van der Waals surface area (Å²) in [4.78, 5) is 0. The lowest BCUT2D eigenvalue weighted by Crippen LogP contribution is -2.10. The molecular formula is C11H11ClF4O. The summed E-state index contributed by atoms with van der Waals surface area (Å²) in [5, 5.41) is 0. The first kappa shape index (κ1) is 14.1. The quantitative estimate of drug-likeness (QED) is 0.441. The van der Waals surface area contributed by atoms with Gasteiger partial charge < -0.3 is 4.74 Å². The van der Waals surface area contributed by atoms with Gasteiger partial charge in [0, 0.05) is 12.0 Å². The molecule has 0 radical (unpaired) electrons. The van der Waals surface area contributed by atoms with E-state index in [1.165, 1.54) is 12.1 Å². The average molecular weight is 271 g/mol. The third-order valence-corrected chi connectivity index (χ3v) is 2.33. The van der Waals surface area contributed by atoms with Crippen LogP contribution in [0.5, 0.6) is 5.75 Å². The summed E-state index contributed by atoms with van der Waals surface area (Å²) in [5.41, 5.74) is 0.429. The Kier molecular flexibility index (Phi) is 5.05. The van der Waals surface area contributed by atoms with E-state index in [0.717, 1.165) is 0 Å². The number of hydrogen-bond acceptors (Lipinski definition) is 1. The Morgan fingerprint density at radius 3 is 2.53 bits per heavy atom. The lowest BCUT2D eigenvalue weighted by Gasteiger charge is -2.11. The second-order valence-corrected chi connectivity index (χ2v) is 3.70. The molecule has 0 aliphatic heterocycles. The van der Waals surface area contributed by atoms with E-state index in [1.807, 2.05) is 0 Å². The van der Waals surface area contributed by atoms with E-state index >= 15 is 0 Å². The van der Waals surface area contributed by atoms with Crippen LogP contribution in [0.25, 0.3) is 0 Å². The third kappa shape index (κ3) is 4.81. The highest BCUT2D eigenvalue weighted by molar-refractivity contribution is 6.17. The Hall–Kier alpha value is -0.970. The Morgan fingerprint density at radius 1 is 1.24 bits per heavy atom. The fraction of sp³-hybridized carbons (Fsp3) is 0.455. The van der Waals surface area contributed by atoms with E-state index in [4.69, 9.17) is 16.3 Å². The van der Waals surface area contributed by atoms with Crippen LogP contribution in [-0.4, -0.2) is 12.8 Å². The second-order valence-electron chi connectivity index (χ2n) is 3.43. The third-order valence-electron chi connectivity index (χ3n) is 2.04. The van der Waals surface area contributed by atoms with Crippen LogP contribution in [-0.2, 0) is 5.88 Å². The molecule has 0 aliphatic rings. The Bertz CT molecular complexity index is 365. The lowest BCUT2D eigenvalue weighted by atomic mass is 10.2. The van der Waals surface area contributed by atoms with E-state index in [-0.39, 0.29) is 24.7 Å². The molecule has 0 aliphatic carbocycles. The summed E-state index contributed by atoms with van der Waals surface area (Å²) in [6.07, 6.45) is -5.37. The highest BCUT2D eigenvalue weighted by atomic mass is 35.5. The predicted octanol–water partition coefficient (Wildman–Crippen LogP) is 4.29. The normalized spacial score (nSPS) is 11.6. The van der Waals surface area contributed by atoms with Crippen molar-refractivity contribution in [3.63, 3.8) is 0 Å². The molecule has 1 aromatic carbocycles. The average Bonchev–Trinajstić information content (AvgIpc) is 2.24. The highest BCUT2D eigenvalue weighted by Crippen LogP contribution is 2.25. The zero-order chi connectivity index (χ0) is 12.9. The van der Waals surface area contributed by atoms with Crippen molar-refractivity contribution in [3.8, 4) is 5.75 Å². The molecule has 1 rings (SSSR count). The fourth-order valence-corrected chi connectivity index (χ4v) is 1.48. The van der Waals surface area contributed by atoms with E-state index in [1.54, 1.807) is 6.07 Å². The molecule has 0 amide bonds. The molecule has 0 fully saturated rings. The SMILES string of the molecule is Fc1cccc(CCl)c1OCCCC(F)(F)F. The predicted molar refractivity (Wildman–Crippen MR) is 56.7 cm³/mol. The standard InChI is InChI=1S/C11H11ClF4O/c12-7-8-3-1-4-9(13)10(8)17-6-2-5-11(14,15)16/h1,3-4H,2,5-7H2. The van der Waals surface area contributed by atoms with Gasteiger partial charge in [-0.15, -0.1) is 11.6 Å². The van der Waals surface area contributed by atoms with Crippen molar-refractivity contribution >= 4 is 11.6 Å². The van der Waals surface area contributed by atoms with Crippen molar-refractivity contribution in [3.05, 3.63) is 29.6 Å². The van der Waals surface area contributed by atoms with Gasteiger partial charge in [-0.05, 0) is 12.5 Å². The molecule has 0 saturated heterocycles. The molecule has 0 aromatic heterocycles. The number of rotatable bonds is 5. The number of ether oxygens (including phenoxy) is 1. The Labute approximate surface area is 101 Å². The van der Waals surface area contributed by atoms with Crippen LogP contribution < -0.4 is 4.74 Å². The van der Waals surface area contributed by atoms with Crippen LogP contribution in [0.1, 0.15) is 18.4 Å². The molecule has 0 unspecified atom stereocenters. The molecule has 0 saturated carbocycles. The number of hydrogen-bond donors (Lipinski definition) is 0. The molecule has 0 heterocycles. The molecule has 0 atom stereocenters. The number of halogens is 5. The topological polar surface area (TPSA) is 9.23 Å². The summed E-state index contributed by atoms with van der Waals surface area (Å²) in [6, 6.07) is 4.21. The summed E-state index contributed by atoms with van der Waals surface area (Å²) in [7, 11) is 0. The van der Waals surface area contributed by atoms with Gasteiger partial charge in [-0.3, -0.25) is 0 Å². The first-order chi connectivity index (χ1) is 7.94. The molecule has 6 heteroatoms. The van der Waals surface area contributed by atoms with Crippen molar-refractivity contribution in [1.29, 1.82) is 0 Å². The van der Waals surface area contributed by atoms with Crippen LogP contribution in [0.3, 0.4) is 0 Å². The fourth-order valence-electron chi connectivity index (χ4n) is 1.27. The molecule has 1 nitrogen and oxygen atoms in total. The van der Waals surface area contributed by atoms with Crippen molar-refractivity contribution in [2.24, 2.45) is 0 Å². The number of benzene rings is 1. The van der Waals surface area contributed by atoms with E-state index in [9.17, 15) is 17.6 Å². The summed E-state index contributed by atoms with van der Waals surface area (Å²) < 4.78 is 53.9. The minimum absolute atomic E-state index is 0.0480. The van der Waals surface area contributed by atoms with Crippen LogP contribution in [0.2, 0.25) is 0 Å². The maximum absolute atomic E-state index is 13.3. The van der Waals surface area contributed by atoms with Gasteiger partial charge >= 0.3 is 6.18 Å². The number of para-hydroxylation sites is 1. The van der Waals surface area contributed by atoms with Crippen molar-refractivity contribution in [1.82, 2.24) is 0 Å². The number of alkyl halides is 4. The molecule has 1 aromatic rings. The second kappa shape index (κ2) is 6.10. The van der Waals surface area contributed by atoms with Gasteiger partial charge in [0.25, 0.3) is 0 Å². The Balaban J connectivity index is 2.52. The van der Waals surface area contributed by atoms with Gasteiger partial charge in [0.15, 0.2) is 11.6 Å². The zero-order valence-electron chi connectivity index (χ0n) is 8.86. The van der Waals surface area contributed by atoms with Crippen molar-refractivity contribution in [2.45, 2.75) is 24.9 Å². The molecule has 0 N–H and O–H groups in total. The van der Waals surface area contributed by atoms with E-state index in [2.05, 4.69) is 0 Å². The van der Waals surface area contributed by atoms with Crippen LogP contribution in [0, 0.1) is 5.82 Å². The summed E-state index contributed by atoms with van der Waals surface area (Å²) in [5.74, 6) is -0.633. The molecule has 0 spiro atoms. The molecule has 17 heavy (non-hydrogen) atoms. The highest BCUT2D eigenvalue weighted by Gasteiger charge is 2.26. The van der Waals surface area contributed by atoms with Gasteiger partial charge in [-0.2, -0.15) is 13.2 Å². The van der Waals surface area contributed by atoms with Gasteiger partial charge in [0.2, 0.25) is 0 Å². The largest absolute Gasteiger partial charge is 0.490 e. The van der Waals surface area contributed by atoms with Crippen molar-refractivity contribution in [2.75, 3.05) is 6.61 Å². The summed E-state index contributed by atoms with van der Waals surface area (Å²) in [6.45, 7) is -0.190. The van der Waals surface area contributed by atoms with Gasteiger partial charge in [-0.1, -0.05) is 12.1 Å². The van der Waals surface area contributed by atoms with Crippen LogP contribution in [0.15, 0.2) is 18.2 Å². The first-order valence-electron chi connectivity index (χ1n) is 4.97. The molecule has 96 valence electrons. The Morgan fingerprint density at radius 2 is 1.94 bits per heavy atom. The lowest BCUT2D eigenvalue weighted by molar-refractivity contribution is -0.136. The summed E-state index contributed by atoms with van der Waals surface area (Å²) >= 11 is 5.56. The van der Waals surface area contributed by atoms with Crippen LogP contribution >= 0.6 is 11.6 Å². The van der Waals surface area contributed by atoms with E-state index < -0.39 is 18.4 Å². The first-order valence-corrected chi connectivity index (χ1v) is 5.50. The van der Waals surface area contributed by atoms with Crippen molar-refractivity contribution < 1.29 is 22.3 Å². The smallest absolute Gasteiger partial charge is 0.389 e. The monoisotopic (exact) mass is 270 g/mol. The maximum atomic E-state index is 13.3. The minimum Gasteiger partial charge on any atom is -0.490 e. The zero-order valence-corrected chi connectivity index (χ0v) is 9.61. The van der Waals surface area contributed by atoms with Crippen LogP contribution in [0.4, 0.5) is 17.6 Å².